The van der Waals surface area contributed by atoms with E-state index < -0.39 is 96.6 Å². The molecule has 5 aliphatic heterocycles. The van der Waals surface area contributed by atoms with Crippen LogP contribution in [0.3, 0.4) is 0 Å². The first kappa shape index (κ1) is 101. The van der Waals surface area contributed by atoms with Gasteiger partial charge in [0.1, 0.15) is 47.8 Å². The number of aliphatic hydroxyl groups is 4. The number of ether oxygens (including phenoxy) is 8. The topological polar surface area (TPSA) is 466 Å². The monoisotopic (exact) mass is 1870 g/mol. The van der Waals surface area contributed by atoms with Gasteiger partial charge in [0.2, 0.25) is 23.6 Å². The molecular formula is C98H134N18O19. The molecule has 9 N–H and O–H groups in total. The Kier molecular flexibility index (Phi) is 36.6. The fourth-order valence-electron chi connectivity index (χ4n) is 18.8. The zero-order valence-electron chi connectivity index (χ0n) is 79.2. The van der Waals surface area contributed by atoms with Gasteiger partial charge < -0.3 is 104 Å². The number of carbonyl (C=O) groups is 6. The number of nitrogens with zero attached hydrogens (tertiary/aromatic N) is 14. The third-order valence-electron chi connectivity index (χ3n) is 26.9. The molecule has 4 amide bonds. The Bertz CT molecular complexity index is 5290. The average molecular weight is 1870 g/mol. The van der Waals surface area contributed by atoms with E-state index in [1.165, 1.54) is 36.3 Å². The van der Waals surface area contributed by atoms with E-state index in [2.05, 4.69) is 73.9 Å². The highest BCUT2D eigenvalue weighted by molar-refractivity contribution is 6.39. The van der Waals surface area contributed by atoms with E-state index in [0.29, 0.717) is 187 Å². The number of hydrogen-bond acceptors (Lipinski definition) is 31. The first-order chi connectivity index (χ1) is 65.2. The molecule has 1 aliphatic carbocycles. The number of amides is 4. The number of piperidine rings is 1. The van der Waals surface area contributed by atoms with E-state index in [1.807, 2.05) is 95.8 Å². The zero-order valence-corrected chi connectivity index (χ0v) is 79.2. The van der Waals surface area contributed by atoms with Gasteiger partial charge >= 0.3 is 5.97 Å². The summed E-state index contributed by atoms with van der Waals surface area (Å²) in [6.45, 7) is 18.6. The quantitative estimate of drug-likeness (QED) is 0.00722. The van der Waals surface area contributed by atoms with Gasteiger partial charge in [-0.3, -0.25) is 24.0 Å². The number of nitrogen functional groups attached to an aromatic ring is 1. The maximum atomic E-state index is 14.8. The molecule has 1 aromatic carbocycles. The number of piperazine rings is 1. The Balaban J connectivity index is 0.535. The number of ketones is 1. The number of nitrogens with one attached hydrogen (secondary N) is 3. The van der Waals surface area contributed by atoms with Gasteiger partial charge in [0, 0.05) is 165 Å². The molecule has 4 fully saturated rings. The van der Waals surface area contributed by atoms with Crippen molar-refractivity contribution in [3.63, 3.8) is 0 Å². The molecular weight excluding hydrogens is 1730 g/mol. The number of nitrogens with two attached hydrogens (primary N) is 1. The van der Waals surface area contributed by atoms with Gasteiger partial charge in [-0.05, 0) is 142 Å². The van der Waals surface area contributed by atoms with Crippen molar-refractivity contribution < 1.29 is 91.9 Å². The van der Waals surface area contributed by atoms with Crippen molar-refractivity contribution >= 4 is 80.9 Å². The molecule has 37 heteroatoms. The minimum atomic E-state index is -2.47. The van der Waals surface area contributed by atoms with Crippen LogP contribution >= 0.6 is 0 Å². The molecule has 2 bridgehead atoms. The number of aromatic amines is 1. The Morgan fingerprint density at radius 2 is 1.46 bits per heavy atom. The number of allylic oxidation sites excluding steroid dienone is 5. The Labute approximate surface area is 787 Å². The second kappa shape index (κ2) is 48.7. The zero-order chi connectivity index (χ0) is 95.8. The van der Waals surface area contributed by atoms with Crippen LogP contribution < -0.4 is 26.2 Å². The van der Waals surface area contributed by atoms with Crippen molar-refractivity contribution in [1.82, 2.24) is 70.1 Å². The standard InChI is InChI=1S/C98H134N18O19/c1-60-16-12-11-13-17-61(2)79(127-8)48-75-23-19-66(7)98(126,135-75)89(122)94(124)115-30-15-14-18-76(115)95(125)134-80(63(4)44-67-21-24-77(117)81(46-67)128-9)49-78(118)62(3)43-65(6)87(121)88(129-10)85(64(5)42-60)111-133-58-82(119)102-50-69-51-104-96(105-52-69)112-32-34-113(35-33-112)97-106-54-74(55-107-97)93(123)101-29-37-131-39-41-132-40-38-130-36-27-83(120)114-31-26-70-45-68(20-22-72(70)57-114)56-116-92-84(90(99)108-59-109-92)86(110-116)73-47-71-25-28-100-91(71)103-53-73/h11-13,16-17,20,22,25,28,43,45,47,51-55,59-60,62-64,66-67,75-81,87-88,117-118,121,126H,14-15,18-19,21,23-24,26-27,29-42,44,46,48-50,56-58H2,1-10H3,(H,100,103)(H,101,123)(H,102,119)(H2,99,108,109)/b13-11+,16-12+,61-17+,65-43+,111-85+/t60-,62-,63-,64-,66-,67+,75+,76+,77-,78-,79+,80+,81-,87-,88+,98-/m1/s1. The van der Waals surface area contributed by atoms with Crippen LogP contribution in [0.15, 0.2) is 127 Å². The summed E-state index contributed by atoms with van der Waals surface area (Å²) in [7, 11) is 4.59. The molecule has 7 aromatic rings. The number of benzene rings is 1. The van der Waals surface area contributed by atoms with E-state index >= 15 is 0 Å². The lowest BCUT2D eigenvalue weighted by Gasteiger charge is -2.43. The lowest BCUT2D eigenvalue weighted by molar-refractivity contribution is -0.265. The maximum absolute atomic E-state index is 14.8. The second-order valence-electron chi connectivity index (χ2n) is 36.7. The summed E-state index contributed by atoms with van der Waals surface area (Å²) >= 11 is 0. The molecule has 0 spiro atoms. The lowest BCUT2D eigenvalue weighted by atomic mass is 9.78. The number of esters is 1. The molecule has 0 radical (unpaired) electrons. The number of carbonyl (C=O) groups excluding carboxylic acids is 6. The number of cyclic esters (lactones) is 1. The highest BCUT2D eigenvalue weighted by Gasteiger charge is 2.53. The molecule has 13 rings (SSSR count). The highest BCUT2D eigenvalue weighted by Crippen LogP contribution is 2.40. The number of rotatable bonds is 29. The third kappa shape index (κ3) is 26.7. The van der Waals surface area contributed by atoms with Gasteiger partial charge in [0.15, 0.2) is 12.3 Å². The first-order valence-corrected chi connectivity index (χ1v) is 47.4. The molecule has 1 saturated carbocycles. The number of hydrogen-bond donors (Lipinski definition) is 8. The number of Topliss-reactive ketones (excluding diaryl/α,β-unsaturated/α-hetero) is 1. The van der Waals surface area contributed by atoms with Crippen LogP contribution in [-0.4, -0.2) is 295 Å². The summed E-state index contributed by atoms with van der Waals surface area (Å²) in [6, 6.07) is 9.14. The van der Waals surface area contributed by atoms with Crippen molar-refractivity contribution in [1.29, 1.82) is 0 Å². The van der Waals surface area contributed by atoms with Gasteiger partial charge in [0.25, 0.3) is 23.5 Å². The van der Waals surface area contributed by atoms with Crippen molar-refractivity contribution in [2.45, 2.75) is 219 Å². The molecule has 135 heavy (non-hydrogen) atoms. The van der Waals surface area contributed by atoms with Gasteiger partial charge in [-0.1, -0.05) is 94.4 Å². The van der Waals surface area contributed by atoms with Crippen LogP contribution in [0.25, 0.3) is 33.3 Å². The molecule has 37 nitrogen and oxygen atoms in total. The lowest BCUT2D eigenvalue weighted by Crippen LogP contribution is -2.61. The van der Waals surface area contributed by atoms with E-state index in [4.69, 9.17) is 53.6 Å². The maximum Gasteiger partial charge on any atom is 0.329 e. The molecule has 730 valence electrons. The average Bonchev–Trinajstić information content (AvgIpc) is 1.69. The minimum absolute atomic E-state index is 0.0297. The van der Waals surface area contributed by atoms with Gasteiger partial charge in [-0.2, -0.15) is 5.10 Å². The van der Waals surface area contributed by atoms with Gasteiger partial charge in [-0.15, -0.1) is 0 Å². The number of pyridine rings is 1. The van der Waals surface area contributed by atoms with Crippen LogP contribution in [0, 0.1) is 35.5 Å². The van der Waals surface area contributed by atoms with Crippen LogP contribution in [0.5, 0.6) is 0 Å². The summed E-state index contributed by atoms with van der Waals surface area (Å²) in [5, 5.41) is 64.3. The molecule has 16 atom stereocenters. The van der Waals surface area contributed by atoms with E-state index in [0.717, 1.165) is 39.7 Å². The highest BCUT2D eigenvalue weighted by atomic mass is 16.6. The van der Waals surface area contributed by atoms with Crippen LogP contribution in [0.1, 0.15) is 165 Å². The fraction of sp³-hybridized carbons (Fsp3) is 0.582. The number of aliphatic hydroxyl groups excluding tert-OH is 3. The summed E-state index contributed by atoms with van der Waals surface area (Å²) < 4.78 is 49.4. The van der Waals surface area contributed by atoms with Crippen LogP contribution in [-0.2, 0) is 92.8 Å². The van der Waals surface area contributed by atoms with E-state index in [9.17, 15) is 49.2 Å². The number of oxime groups is 1. The van der Waals surface area contributed by atoms with Crippen LogP contribution in [0.4, 0.5) is 17.7 Å². The molecule has 6 aliphatic rings. The largest absolute Gasteiger partial charge is 0.460 e. The summed E-state index contributed by atoms with van der Waals surface area (Å²) in [4.78, 5) is 131. The van der Waals surface area contributed by atoms with Crippen molar-refractivity contribution in [2.24, 2.45) is 40.7 Å². The molecule has 11 heterocycles. The molecule has 6 aromatic heterocycles. The smallest absolute Gasteiger partial charge is 0.329 e. The summed E-state index contributed by atoms with van der Waals surface area (Å²) in [5.41, 5.74) is 15.2. The first-order valence-electron chi connectivity index (χ1n) is 47.4. The number of fused-ring (bicyclic) bond motifs is 6. The predicted octanol–water partition coefficient (Wildman–Crippen LogP) is 8.07. The SMILES string of the molecule is CO[C@H]1C[C@@H]2CC[C@@H](C)[C@@](O)(O2)C(=O)C(=O)N2CCCC[C@H]2C(=O)O[C@H]([C@H](C)C[C@@H]2CC[C@@H](O)[C@H](OC)C2)C[C@@H](O)[C@H](C)/C=C(\C)[C@@H](O)[C@@H](OC)/C(=N/OCC(=O)NCc2cnc(N3CCN(c4ncc(C(=O)NCCOCCOCCOCCC(=O)N5CCc6cc(Cn7nc(-c8cnc9[nH]ccc9c8)c8c(N)ncnc87)ccc6C5)cn4)CC3)nc2)[C@H](C)C[C@H](C)/C=C/C=C/C=C/1C. The van der Waals surface area contributed by atoms with Gasteiger partial charge in [-0.25, -0.2) is 44.4 Å². The number of methoxy groups -OCH3 is 3. The van der Waals surface area contributed by atoms with Crippen LogP contribution in [0.2, 0.25) is 0 Å². The molecule has 0 unspecified atom stereocenters. The van der Waals surface area contributed by atoms with Crippen molar-refractivity contribution in [3.05, 3.63) is 149 Å². The Morgan fingerprint density at radius 3 is 2.19 bits per heavy atom. The predicted molar refractivity (Wildman–Crippen MR) is 504 cm³/mol. The van der Waals surface area contributed by atoms with Crippen molar-refractivity contribution in [2.75, 3.05) is 129 Å². The Hall–Kier alpha value is -11.0. The summed E-state index contributed by atoms with van der Waals surface area (Å²) in [5.74, 6) is -6.94. The minimum Gasteiger partial charge on any atom is -0.460 e. The second-order valence-corrected chi connectivity index (χ2v) is 36.7. The number of anilines is 3. The molecule has 3 saturated heterocycles. The van der Waals surface area contributed by atoms with E-state index in [1.54, 1.807) is 59.7 Å². The number of H-pyrrole nitrogens is 1. The van der Waals surface area contributed by atoms with Crippen molar-refractivity contribution in [3.8, 4) is 11.3 Å². The normalized spacial score (nSPS) is 27.5. The van der Waals surface area contributed by atoms with E-state index in [-0.39, 0.29) is 100 Å². The Morgan fingerprint density at radius 1 is 0.726 bits per heavy atom. The summed E-state index contributed by atoms with van der Waals surface area (Å²) in [6.07, 6.45) is 22.4. The van der Waals surface area contributed by atoms with Gasteiger partial charge in [0.05, 0.1) is 99.8 Å². The third-order valence-corrected chi connectivity index (χ3v) is 26.9. The number of aromatic nitrogens is 10. The fourth-order valence-corrected chi connectivity index (χ4v) is 18.8.